The molecule has 2 rings (SSSR count). The summed E-state index contributed by atoms with van der Waals surface area (Å²) in [5, 5.41) is 20.7. The zero-order valence-corrected chi connectivity index (χ0v) is 21.2. The number of rotatable bonds is 10. The topological polar surface area (TPSA) is 126 Å². The second-order valence-electron chi connectivity index (χ2n) is 7.18. The van der Waals surface area contributed by atoms with E-state index in [2.05, 4.69) is 27.0 Å². The number of hydrogen-bond donors (Lipinski definition) is 3. The van der Waals surface area contributed by atoms with Gasteiger partial charge in [0.1, 0.15) is 5.69 Å². The molecule has 3 N–H and O–H groups in total. The van der Waals surface area contributed by atoms with Crippen molar-refractivity contribution in [2.24, 2.45) is 4.99 Å². The third-order valence-corrected chi connectivity index (χ3v) is 5.87. The Morgan fingerprint density at radius 3 is 2.61 bits per heavy atom. The standard InChI is InChI=1S/C20H31N5O4S.HI/c1-3-21-20(23-12-11-16-7-5-4-6-8-16)24-14-13-22-18-10-9-17(30(2,28)29)15-19(18)25(26)27;/h7,9-10,15,22H,3-6,8,11-14H2,1-2H3,(H2,21,23,24);1H. The summed E-state index contributed by atoms with van der Waals surface area (Å²) in [7, 11) is -3.51. The van der Waals surface area contributed by atoms with Crippen LogP contribution in [0.15, 0.2) is 39.7 Å². The average Bonchev–Trinajstić information content (AvgIpc) is 2.71. The second-order valence-corrected chi connectivity index (χ2v) is 9.20. The van der Waals surface area contributed by atoms with E-state index < -0.39 is 14.8 Å². The van der Waals surface area contributed by atoms with Crippen LogP contribution in [0.25, 0.3) is 0 Å². The minimum absolute atomic E-state index is 0. The van der Waals surface area contributed by atoms with Crippen LogP contribution in [0.4, 0.5) is 11.4 Å². The van der Waals surface area contributed by atoms with Crippen LogP contribution in [0.1, 0.15) is 39.0 Å². The fraction of sp³-hybridized carbons (Fsp3) is 0.550. The third kappa shape index (κ3) is 9.42. The SMILES string of the molecule is CCNC(=NCCC1=CCCCC1)NCCNc1ccc(S(C)(=O)=O)cc1[N+](=O)[O-].I. The highest BCUT2D eigenvalue weighted by molar-refractivity contribution is 14.0. The van der Waals surface area contributed by atoms with Crippen molar-refractivity contribution in [3.8, 4) is 0 Å². The number of guanidine groups is 1. The average molecular weight is 565 g/mol. The first-order chi connectivity index (χ1) is 14.3. The predicted octanol–water partition coefficient (Wildman–Crippen LogP) is 3.47. The molecule has 0 saturated heterocycles. The van der Waals surface area contributed by atoms with Crippen LogP contribution in [0.5, 0.6) is 0 Å². The maximum atomic E-state index is 11.6. The van der Waals surface area contributed by atoms with E-state index in [-0.39, 0.29) is 40.2 Å². The second kappa shape index (κ2) is 13.5. The summed E-state index contributed by atoms with van der Waals surface area (Å²) < 4.78 is 23.3. The Hall–Kier alpha value is -1.89. The molecule has 0 bridgehead atoms. The van der Waals surface area contributed by atoms with Crippen LogP contribution in [-0.2, 0) is 9.84 Å². The molecule has 1 aromatic carbocycles. The van der Waals surface area contributed by atoms with Crippen LogP contribution in [0, 0.1) is 10.1 Å². The lowest BCUT2D eigenvalue weighted by molar-refractivity contribution is -0.384. The molecule has 0 radical (unpaired) electrons. The van der Waals surface area contributed by atoms with Crippen LogP contribution in [-0.4, -0.2) is 51.7 Å². The number of nitrogens with one attached hydrogen (secondary N) is 3. The first-order valence-electron chi connectivity index (χ1n) is 10.2. The van der Waals surface area contributed by atoms with Gasteiger partial charge in [-0.2, -0.15) is 0 Å². The molecular formula is C20H32IN5O4S. The summed E-state index contributed by atoms with van der Waals surface area (Å²) in [6.45, 7) is 4.35. The van der Waals surface area contributed by atoms with Gasteiger partial charge in [0.05, 0.1) is 9.82 Å². The molecule has 0 fully saturated rings. The summed E-state index contributed by atoms with van der Waals surface area (Å²) in [6, 6.07) is 3.87. The number of hydrogen-bond acceptors (Lipinski definition) is 6. The van der Waals surface area contributed by atoms with Crippen LogP contribution < -0.4 is 16.0 Å². The highest BCUT2D eigenvalue weighted by Gasteiger charge is 2.18. The lowest BCUT2D eigenvalue weighted by Crippen LogP contribution is -2.39. The minimum atomic E-state index is -3.51. The molecule has 31 heavy (non-hydrogen) atoms. The molecular weight excluding hydrogens is 533 g/mol. The molecule has 0 amide bonds. The monoisotopic (exact) mass is 565 g/mol. The number of nitro benzene ring substituents is 1. The van der Waals surface area contributed by atoms with Crippen molar-refractivity contribution < 1.29 is 13.3 Å². The highest BCUT2D eigenvalue weighted by Crippen LogP contribution is 2.27. The number of benzene rings is 1. The van der Waals surface area contributed by atoms with E-state index in [0.717, 1.165) is 25.3 Å². The Bertz CT molecular complexity index is 903. The molecule has 0 unspecified atom stereocenters. The van der Waals surface area contributed by atoms with Gasteiger partial charge in [0, 0.05) is 38.5 Å². The molecule has 0 spiro atoms. The smallest absolute Gasteiger partial charge is 0.293 e. The molecule has 0 aliphatic heterocycles. The summed E-state index contributed by atoms with van der Waals surface area (Å²) in [6.07, 6.45) is 9.19. The number of aliphatic imine (C=N–C) groups is 1. The Morgan fingerprint density at radius 2 is 2.00 bits per heavy atom. The fourth-order valence-electron chi connectivity index (χ4n) is 3.21. The van der Waals surface area contributed by atoms with E-state index in [9.17, 15) is 18.5 Å². The maximum Gasteiger partial charge on any atom is 0.293 e. The normalized spacial score (nSPS) is 14.3. The third-order valence-electron chi connectivity index (χ3n) is 4.76. The zero-order chi connectivity index (χ0) is 22.0. The molecule has 0 atom stereocenters. The van der Waals surface area contributed by atoms with Crippen molar-refractivity contribution in [3.05, 3.63) is 40.0 Å². The van der Waals surface area contributed by atoms with Crippen LogP contribution in [0.2, 0.25) is 0 Å². The van der Waals surface area contributed by atoms with Crippen molar-refractivity contribution in [2.45, 2.75) is 43.9 Å². The van der Waals surface area contributed by atoms with E-state index in [0.29, 0.717) is 25.6 Å². The molecule has 0 saturated carbocycles. The number of sulfone groups is 1. The largest absolute Gasteiger partial charge is 0.378 e. The van der Waals surface area contributed by atoms with Crippen molar-refractivity contribution in [2.75, 3.05) is 37.8 Å². The van der Waals surface area contributed by atoms with E-state index in [1.807, 2.05) is 6.92 Å². The minimum Gasteiger partial charge on any atom is -0.378 e. The number of halogens is 1. The number of allylic oxidation sites excluding steroid dienone is 1. The quantitative estimate of drug-likeness (QED) is 0.0755. The van der Waals surface area contributed by atoms with Crippen molar-refractivity contribution in [1.82, 2.24) is 10.6 Å². The van der Waals surface area contributed by atoms with Gasteiger partial charge in [-0.05, 0) is 51.2 Å². The summed E-state index contributed by atoms with van der Waals surface area (Å²) in [4.78, 5) is 15.2. The van der Waals surface area contributed by atoms with E-state index >= 15 is 0 Å². The van der Waals surface area contributed by atoms with E-state index in [1.54, 1.807) is 0 Å². The number of nitrogens with zero attached hydrogens (tertiary/aromatic N) is 2. The molecule has 1 aromatic rings. The predicted molar refractivity (Wildman–Crippen MR) is 135 cm³/mol. The Labute approximate surface area is 201 Å². The Morgan fingerprint density at radius 1 is 1.23 bits per heavy atom. The lowest BCUT2D eigenvalue weighted by Gasteiger charge is -2.14. The zero-order valence-electron chi connectivity index (χ0n) is 18.0. The number of anilines is 1. The van der Waals surface area contributed by atoms with Crippen molar-refractivity contribution >= 4 is 51.1 Å². The molecule has 1 aliphatic rings. The van der Waals surface area contributed by atoms with Gasteiger partial charge >= 0.3 is 0 Å². The summed E-state index contributed by atoms with van der Waals surface area (Å²) in [5.41, 5.74) is 1.49. The molecule has 9 nitrogen and oxygen atoms in total. The highest BCUT2D eigenvalue weighted by atomic mass is 127. The summed E-state index contributed by atoms with van der Waals surface area (Å²) >= 11 is 0. The van der Waals surface area contributed by atoms with Gasteiger partial charge in [0.15, 0.2) is 15.8 Å². The van der Waals surface area contributed by atoms with Crippen molar-refractivity contribution in [3.63, 3.8) is 0 Å². The number of nitro groups is 1. The van der Waals surface area contributed by atoms with E-state index in [1.165, 1.54) is 43.4 Å². The van der Waals surface area contributed by atoms with Gasteiger partial charge in [-0.15, -0.1) is 24.0 Å². The molecule has 1 aliphatic carbocycles. The molecule has 174 valence electrons. The molecule has 0 heterocycles. The Balaban J connectivity index is 0.00000480. The summed E-state index contributed by atoms with van der Waals surface area (Å²) in [5.74, 6) is 0.706. The first-order valence-corrected chi connectivity index (χ1v) is 12.1. The molecule has 11 heteroatoms. The van der Waals surface area contributed by atoms with Gasteiger partial charge in [-0.25, -0.2) is 8.42 Å². The first kappa shape index (κ1) is 27.1. The lowest BCUT2D eigenvalue weighted by atomic mass is 9.97. The van der Waals surface area contributed by atoms with Gasteiger partial charge in [-0.1, -0.05) is 11.6 Å². The van der Waals surface area contributed by atoms with Gasteiger partial charge < -0.3 is 16.0 Å². The van der Waals surface area contributed by atoms with Crippen molar-refractivity contribution in [1.29, 1.82) is 0 Å². The van der Waals surface area contributed by atoms with E-state index in [4.69, 9.17) is 0 Å². The maximum absolute atomic E-state index is 11.6. The van der Waals surface area contributed by atoms with Gasteiger partial charge in [0.25, 0.3) is 5.69 Å². The fourth-order valence-corrected chi connectivity index (χ4v) is 3.85. The van der Waals surface area contributed by atoms with Gasteiger partial charge in [0.2, 0.25) is 0 Å². The van der Waals surface area contributed by atoms with Crippen LogP contribution in [0.3, 0.4) is 0 Å². The Kier molecular flexibility index (Phi) is 11.8. The van der Waals surface area contributed by atoms with Crippen LogP contribution >= 0.6 is 24.0 Å². The van der Waals surface area contributed by atoms with Gasteiger partial charge in [-0.3, -0.25) is 15.1 Å². The molecule has 0 aromatic heterocycles.